The third kappa shape index (κ3) is 2.59. The summed E-state index contributed by atoms with van der Waals surface area (Å²) in [6.07, 6.45) is 0. The van der Waals surface area contributed by atoms with Crippen LogP contribution < -0.4 is 5.46 Å². The molecule has 14 heavy (non-hydrogen) atoms. The Kier molecular flexibility index (Phi) is 3.40. The van der Waals surface area contributed by atoms with Crippen molar-refractivity contribution in [3.63, 3.8) is 0 Å². The van der Waals surface area contributed by atoms with Gasteiger partial charge in [0, 0.05) is 4.47 Å². The normalized spacial score (nSPS) is 11.6. The Hall–Kier alpha value is -0.315. The third-order valence-electron chi connectivity index (χ3n) is 2.14. The summed E-state index contributed by atoms with van der Waals surface area (Å²) in [5.74, 6) is 0. The zero-order valence-corrected chi connectivity index (χ0v) is 10.2. The van der Waals surface area contributed by atoms with Crippen LogP contribution in [0.2, 0.25) is 0 Å². The molecule has 0 aliphatic carbocycles. The van der Waals surface area contributed by atoms with Crippen LogP contribution in [-0.4, -0.2) is 17.2 Å². The molecule has 1 aromatic rings. The van der Waals surface area contributed by atoms with E-state index in [2.05, 4.69) is 36.7 Å². The predicted octanol–water partition coefficient (Wildman–Crippen LogP) is 1.43. The smallest absolute Gasteiger partial charge is 0.423 e. The zero-order chi connectivity index (χ0) is 10.9. The highest BCUT2D eigenvalue weighted by molar-refractivity contribution is 9.10. The fraction of sp³-hybridized carbons (Fsp3) is 0.400. The molecule has 0 aromatic heterocycles. The lowest BCUT2D eigenvalue weighted by Crippen LogP contribution is -2.31. The highest BCUT2D eigenvalue weighted by atomic mass is 79.9. The van der Waals surface area contributed by atoms with Crippen LogP contribution in [0.4, 0.5) is 0 Å². The quantitative estimate of drug-likeness (QED) is 0.747. The maximum atomic E-state index is 9.02. The SMILES string of the molecule is CC(C)(C)c1ccc(B(O)O)c(Br)c1. The van der Waals surface area contributed by atoms with Gasteiger partial charge in [0.05, 0.1) is 0 Å². The van der Waals surface area contributed by atoms with E-state index in [4.69, 9.17) is 10.0 Å². The monoisotopic (exact) mass is 256 g/mol. The molecule has 0 radical (unpaired) electrons. The summed E-state index contributed by atoms with van der Waals surface area (Å²) in [5.41, 5.74) is 1.73. The second-order valence-corrected chi connectivity index (χ2v) is 5.21. The molecular weight excluding hydrogens is 243 g/mol. The number of benzene rings is 1. The molecule has 0 atom stereocenters. The second kappa shape index (κ2) is 4.05. The fourth-order valence-electron chi connectivity index (χ4n) is 1.20. The molecule has 76 valence electrons. The summed E-state index contributed by atoms with van der Waals surface area (Å²) < 4.78 is 0.736. The molecule has 0 spiro atoms. The van der Waals surface area contributed by atoms with Crippen molar-refractivity contribution in [3.8, 4) is 0 Å². The summed E-state index contributed by atoms with van der Waals surface area (Å²) in [6, 6.07) is 5.57. The molecular formula is C10H14BBrO2. The average Bonchev–Trinajstić information content (AvgIpc) is 2.01. The van der Waals surface area contributed by atoms with Crippen molar-refractivity contribution in [2.75, 3.05) is 0 Å². The van der Waals surface area contributed by atoms with E-state index in [9.17, 15) is 0 Å². The van der Waals surface area contributed by atoms with Crippen LogP contribution in [0.25, 0.3) is 0 Å². The van der Waals surface area contributed by atoms with Gasteiger partial charge in [0.2, 0.25) is 0 Å². The standard InChI is InChI=1S/C10H14BBrO2/c1-10(2,3)7-4-5-8(11(13)14)9(12)6-7/h4-6,13-14H,1-3H3. The van der Waals surface area contributed by atoms with Crippen LogP contribution in [0.1, 0.15) is 26.3 Å². The summed E-state index contributed by atoms with van der Waals surface area (Å²) in [4.78, 5) is 0. The largest absolute Gasteiger partial charge is 0.489 e. The van der Waals surface area contributed by atoms with E-state index in [0.29, 0.717) is 5.46 Å². The second-order valence-electron chi connectivity index (χ2n) is 4.36. The first-order chi connectivity index (χ1) is 6.32. The molecule has 0 aliphatic heterocycles. The van der Waals surface area contributed by atoms with Crippen LogP contribution in [-0.2, 0) is 5.41 Å². The van der Waals surface area contributed by atoms with Gasteiger partial charge in [-0.05, 0) is 22.5 Å². The van der Waals surface area contributed by atoms with E-state index in [1.165, 1.54) is 0 Å². The summed E-state index contributed by atoms with van der Waals surface area (Å²) in [7, 11) is -1.42. The summed E-state index contributed by atoms with van der Waals surface area (Å²) >= 11 is 3.32. The number of rotatable bonds is 1. The van der Waals surface area contributed by atoms with Crippen molar-refractivity contribution in [1.29, 1.82) is 0 Å². The Balaban J connectivity index is 3.13. The van der Waals surface area contributed by atoms with Crippen molar-refractivity contribution in [2.24, 2.45) is 0 Å². The average molecular weight is 257 g/mol. The van der Waals surface area contributed by atoms with Gasteiger partial charge in [0.15, 0.2) is 0 Å². The molecule has 0 unspecified atom stereocenters. The van der Waals surface area contributed by atoms with Crippen LogP contribution in [0.5, 0.6) is 0 Å². The highest BCUT2D eigenvalue weighted by Crippen LogP contribution is 2.23. The van der Waals surface area contributed by atoms with Gasteiger partial charge in [0.25, 0.3) is 0 Å². The van der Waals surface area contributed by atoms with E-state index < -0.39 is 7.12 Å². The lowest BCUT2D eigenvalue weighted by molar-refractivity contribution is 0.425. The van der Waals surface area contributed by atoms with E-state index in [0.717, 1.165) is 10.0 Å². The Bertz CT molecular complexity index is 331. The first-order valence-electron chi connectivity index (χ1n) is 4.48. The molecule has 1 aromatic carbocycles. The molecule has 0 amide bonds. The molecule has 2 N–H and O–H groups in total. The molecule has 4 heteroatoms. The molecule has 0 aliphatic rings. The highest BCUT2D eigenvalue weighted by Gasteiger charge is 2.19. The van der Waals surface area contributed by atoms with Gasteiger partial charge in [-0.1, -0.05) is 48.8 Å². The predicted molar refractivity (Wildman–Crippen MR) is 62.7 cm³/mol. The number of halogens is 1. The van der Waals surface area contributed by atoms with Crippen molar-refractivity contribution < 1.29 is 10.0 Å². The van der Waals surface area contributed by atoms with Crippen LogP contribution in [0.3, 0.4) is 0 Å². The maximum Gasteiger partial charge on any atom is 0.489 e. The van der Waals surface area contributed by atoms with Crippen LogP contribution >= 0.6 is 15.9 Å². The van der Waals surface area contributed by atoms with Crippen molar-refractivity contribution in [2.45, 2.75) is 26.2 Å². The first kappa shape index (κ1) is 11.8. The van der Waals surface area contributed by atoms with Gasteiger partial charge in [-0.3, -0.25) is 0 Å². The van der Waals surface area contributed by atoms with Gasteiger partial charge < -0.3 is 10.0 Å². The van der Waals surface area contributed by atoms with E-state index in [-0.39, 0.29) is 5.41 Å². The summed E-state index contributed by atoms with van der Waals surface area (Å²) in [6.45, 7) is 6.34. The Morgan fingerprint density at radius 1 is 1.21 bits per heavy atom. The van der Waals surface area contributed by atoms with Gasteiger partial charge in [0.1, 0.15) is 0 Å². The maximum absolute atomic E-state index is 9.02. The van der Waals surface area contributed by atoms with Gasteiger partial charge in [-0.2, -0.15) is 0 Å². The van der Waals surface area contributed by atoms with Crippen LogP contribution in [0, 0.1) is 0 Å². The molecule has 0 saturated carbocycles. The minimum atomic E-state index is -1.42. The van der Waals surface area contributed by atoms with E-state index in [1.807, 2.05) is 12.1 Å². The Labute approximate surface area is 93.2 Å². The van der Waals surface area contributed by atoms with Crippen LogP contribution in [0.15, 0.2) is 22.7 Å². The van der Waals surface area contributed by atoms with E-state index >= 15 is 0 Å². The molecule has 2 nitrogen and oxygen atoms in total. The van der Waals surface area contributed by atoms with Crippen molar-refractivity contribution in [3.05, 3.63) is 28.2 Å². The molecule has 1 rings (SSSR count). The van der Waals surface area contributed by atoms with Gasteiger partial charge in [-0.25, -0.2) is 0 Å². The molecule has 0 heterocycles. The van der Waals surface area contributed by atoms with Crippen molar-refractivity contribution in [1.82, 2.24) is 0 Å². The lowest BCUT2D eigenvalue weighted by atomic mass is 9.78. The first-order valence-corrected chi connectivity index (χ1v) is 5.28. The molecule has 0 bridgehead atoms. The Morgan fingerprint density at radius 3 is 2.14 bits per heavy atom. The minimum Gasteiger partial charge on any atom is -0.423 e. The van der Waals surface area contributed by atoms with Gasteiger partial charge in [-0.15, -0.1) is 0 Å². The number of hydrogen-bond donors (Lipinski definition) is 2. The summed E-state index contributed by atoms with van der Waals surface area (Å²) in [5, 5.41) is 18.0. The Morgan fingerprint density at radius 2 is 1.79 bits per heavy atom. The number of hydrogen-bond acceptors (Lipinski definition) is 2. The zero-order valence-electron chi connectivity index (χ0n) is 8.58. The van der Waals surface area contributed by atoms with E-state index in [1.54, 1.807) is 6.07 Å². The topological polar surface area (TPSA) is 40.5 Å². The lowest BCUT2D eigenvalue weighted by Gasteiger charge is -2.20. The van der Waals surface area contributed by atoms with Gasteiger partial charge >= 0.3 is 7.12 Å². The van der Waals surface area contributed by atoms with Crippen molar-refractivity contribution >= 4 is 28.5 Å². The third-order valence-corrected chi connectivity index (χ3v) is 2.83. The fourth-order valence-corrected chi connectivity index (χ4v) is 1.79. The molecule has 0 fully saturated rings. The molecule has 0 saturated heterocycles. The minimum absolute atomic E-state index is 0.0709.